The molecule has 0 spiro atoms. The first kappa shape index (κ1) is 29.4. The molecule has 2 aromatic carbocycles. The molecule has 0 aromatic heterocycles. The fourth-order valence-corrected chi connectivity index (χ4v) is 6.99. The highest BCUT2D eigenvalue weighted by Gasteiger charge is 2.59. The number of hydrogen-bond donors (Lipinski definition) is 2. The topological polar surface area (TPSA) is 116 Å². The smallest absolute Gasteiger partial charge is 0.269 e. The van der Waals surface area contributed by atoms with Gasteiger partial charge in [-0.1, -0.05) is 43.5 Å². The largest absolute Gasteiger partial charge is 0.392 e. The first-order valence-corrected chi connectivity index (χ1v) is 14.6. The second-order valence-corrected chi connectivity index (χ2v) is 12.0. The lowest BCUT2D eigenvalue weighted by molar-refractivity contribution is -0.384. The van der Waals surface area contributed by atoms with Crippen molar-refractivity contribution in [2.24, 2.45) is 0 Å². The van der Waals surface area contributed by atoms with Crippen LogP contribution >= 0.6 is 22.6 Å². The number of rotatable bonds is 10. The number of non-ortho nitro benzene ring substituents is 1. The molecule has 210 valence electrons. The van der Waals surface area contributed by atoms with Gasteiger partial charge in [-0.2, -0.15) is 0 Å². The quantitative estimate of drug-likeness (QED) is 0.172. The molecular weight excluding hydrogens is 611 g/mol. The normalized spacial score (nSPS) is 21.9. The molecule has 0 unspecified atom stereocenters. The van der Waals surface area contributed by atoms with Gasteiger partial charge in [0, 0.05) is 34.7 Å². The van der Waals surface area contributed by atoms with Gasteiger partial charge < -0.3 is 20.2 Å². The van der Waals surface area contributed by atoms with E-state index in [2.05, 4.69) is 32.8 Å². The van der Waals surface area contributed by atoms with Crippen molar-refractivity contribution in [3.8, 4) is 0 Å². The average Bonchev–Trinajstić information content (AvgIpc) is 3.24. The SMILES string of the molecule is CN(C)CCCNC(=O)[C@@]1(c2ccc([N+](=O)[O-])cc2)CC(=O)N(C2CCCCC2)[C@@H]1c1ccc(CO)cc1I. The van der Waals surface area contributed by atoms with Gasteiger partial charge in [-0.3, -0.25) is 19.7 Å². The maximum atomic E-state index is 14.3. The standard InChI is InChI=1S/C29H37IN4O5/c1-32(2)16-6-15-31-28(37)29(21-10-12-23(13-11-21)34(38)39)18-26(36)33(22-7-4-3-5-8-22)27(29)24-14-9-20(19-35)17-25(24)30/h9-14,17,22,27,35H,3-8,15-16,18-19H2,1-2H3,(H,31,37)/t27-,29-/m1/s1. The number of aliphatic hydroxyl groups is 1. The molecule has 1 aliphatic heterocycles. The van der Waals surface area contributed by atoms with E-state index < -0.39 is 16.4 Å². The number of benzene rings is 2. The fraction of sp³-hybridized carbons (Fsp3) is 0.517. The van der Waals surface area contributed by atoms with Crippen molar-refractivity contribution >= 4 is 40.1 Å². The van der Waals surface area contributed by atoms with Gasteiger partial charge in [0.05, 0.1) is 17.6 Å². The zero-order valence-electron chi connectivity index (χ0n) is 22.6. The molecule has 2 amide bonds. The number of carbonyl (C=O) groups excluding carboxylic acids is 2. The number of nitro groups is 1. The average molecular weight is 649 g/mol. The number of nitrogens with zero attached hydrogens (tertiary/aromatic N) is 3. The van der Waals surface area contributed by atoms with Crippen LogP contribution in [0.3, 0.4) is 0 Å². The first-order chi connectivity index (χ1) is 18.7. The van der Waals surface area contributed by atoms with Crippen LogP contribution in [0.4, 0.5) is 5.69 Å². The predicted octanol–water partition coefficient (Wildman–Crippen LogP) is 4.30. The summed E-state index contributed by atoms with van der Waals surface area (Å²) in [4.78, 5) is 43.3. The maximum Gasteiger partial charge on any atom is 0.269 e. The van der Waals surface area contributed by atoms with Crippen LogP contribution in [0.25, 0.3) is 0 Å². The second-order valence-electron chi connectivity index (χ2n) is 10.9. The molecule has 2 aromatic rings. The van der Waals surface area contributed by atoms with Crippen LogP contribution in [-0.2, 0) is 21.6 Å². The van der Waals surface area contributed by atoms with Gasteiger partial charge in [0.25, 0.3) is 5.69 Å². The molecule has 4 rings (SSSR count). The number of aliphatic hydroxyl groups excluding tert-OH is 1. The van der Waals surface area contributed by atoms with Crippen molar-refractivity contribution in [2.75, 3.05) is 27.2 Å². The van der Waals surface area contributed by atoms with Crippen LogP contribution in [0, 0.1) is 13.7 Å². The lowest BCUT2D eigenvalue weighted by Gasteiger charge is -2.42. The first-order valence-electron chi connectivity index (χ1n) is 13.6. The van der Waals surface area contributed by atoms with Gasteiger partial charge in [0.2, 0.25) is 11.8 Å². The highest BCUT2D eigenvalue weighted by molar-refractivity contribution is 14.1. The molecule has 9 nitrogen and oxygen atoms in total. The number of amides is 2. The van der Waals surface area contributed by atoms with E-state index in [4.69, 9.17) is 0 Å². The van der Waals surface area contributed by atoms with Crippen molar-refractivity contribution in [1.29, 1.82) is 0 Å². The van der Waals surface area contributed by atoms with Gasteiger partial charge in [0.1, 0.15) is 5.41 Å². The molecule has 1 saturated heterocycles. The summed E-state index contributed by atoms with van der Waals surface area (Å²) in [5.41, 5.74) is 0.878. The van der Waals surface area contributed by atoms with Crippen molar-refractivity contribution in [2.45, 2.75) is 69.1 Å². The Morgan fingerprint density at radius 3 is 2.46 bits per heavy atom. The van der Waals surface area contributed by atoms with Crippen molar-refractivity contribution < 1.29 is 19.6 Å². The van der Waals surface area contributed by atoms with E-state index >= 15 is 0 Å². The molecule has 2 atom stereocenters. The summed E-state index contributed by atoms with van der Waals surface area (Å²) in [7, 11) is 3.96. The summed E-state index contributed by atoms with van der Waals surface area (Å²) >= 11 is 2.23. The number of likely N-dealkylation sites (tertiary alicyclic amines) is 1. The van der Waals surface area contributed by atoms with Crippen LogP contribution in [-0.4, -0.2) is 64.9 Å². The Bertz CT molecular complexity index is 1200. The van der Waals surface area contributed by atoms with Crippen LogP contribution in [0.5, 0.6) is 0 Å². The number of halogens is 1. The second kappa shape index (κ2) is 12.7. The Morgan fingerprint density at radius 2 is 1.87 bits per heavy atom. The minimum Gasteiger partial charge on any atom is -0.392 e. The third-order valence-corrected chi connectivity index (χ3v) is 8.97. The number of nitrogens with one attached hydrogen (secondary N) is 1. The molecular formula is C29H37IN4O5. The third-order valence-electron chi connectivity index (χ3n) is 8.04. The third kappa shape index (κ3) is 6.12. The van der Waals surface area contributed by atoms with E-state index in [1.54, 1.807) is 12.1 Å². The minimum atomic E-state index is -1.26. The van der Waals surface area contributed by atoms with Crippen LogP contribution in [0.2, 0.25) is 0 Å². The van der Waals surface area contributed by atoms with Gasteiger partial charge in [-0.15, -0.1) is 0 Å². The Labute approximate surface area is 243 Å². The van der Waals surface area contributed by atoms with Crippen molar-refractivity contribution in [3.05, 3.63) is 72.8 Å². The molecule has 10 heteroatoms. The fourth-order valence-electron chi connectivity index (χ4n) is 6.12. The van der Waals surface area contributed by atoms with Gasteiger partial charge in [-0.05, 0) is 85.3 Å². The van der Waals surface area contributed by atoms with Crippen LogP contribution < -0.4 is 5.32 Å². The minimum absolute atomic E-state index is 0.0106. The zero-order chi connectivity index (χ0) is 28.2. The zero-order valence-corrected chi connectivity index (χ0v) is 24.7. The maximum absolute atomic E-state index is 14.3. The summed E-state index contributed by atoms with van der Waals surface area (Å²) in [6.45, 7) is 1.16. The van der Waals surface area contributed by atoms with E-state index in [1.165, 1.54) is 12.1 Å². The van der Waals surface area contributed by atoms with Gasteiger partial charge in [0.15, 0.2) is 0 Å². The summed E-state index contributed by atoms with van der Waals surface area (Å²) < 4.78 is 0.867. The molecule has 2 fully saturated rings. The van der Waals surface area contributed by atoms with Gasteiger partial charge >= 0.3 is 0 Å². The van der Waals surface area contributed by atoms with E-state index in [9.17, 15) is 24.8 Å². The van der Waals surface area contributed by atoms with E-state index in [0.29, 0.717) is 12.1 Å². The number of nitro benzene ring substituents is 1. The monoisotopic (exact) mass is 648 g/mol. The van der Waals surface area contributed by atoms with Crippen LogP contribution in [0.1, 0.15) is 67.7 Å². The van der Waals surface area contributed by atoms with E-state index in [0.717, 1.165) is 59.8 Å². The molecule has 0 bridgehead atoms. The van der Waals surface area contributed by atoms with E-state index in [-0.39, 0.29) is 36.6 Å². The molecule has 1 aliphatic carbocycles. The number of hydrogen-bond acceptors (Lipinski definition) is 6. The summed E-state index contributed by atoms with van der Waals surface area (Å²) in [6, 6.07) is 11.2. The Hall–Kier alpha value is -2.57. The lowest BCUT2D eigenvalue weighted by atomic mass is 9.70. The van der Waals surface area contributed by atoms with Crippen molar-refractivity contribution in [1.82, 2.24) is 15.1 Å². The molecule has 39 heavy (non-hydrogen) atoms. The Balaban J connectivity index is 1.87. The highest BCUT2D eigenvalue weighted by Crippen LogP contribution is 2.53. The molecule has 2 N–H and O–H groups in total. The predicted molar refractivity (Wildman–Crippen MR) is 157 cm³/mol. The summed E-state index contributed by atoms with van der Waals surface area (Å²) in [5, 5.41) is 24.3. The Morgan fingerprint density at radius 1 is 1.18 bits per heavy atom. The van der Waals surface area contributed by atoms with Crippen LogP contribution in [0.15, 0.2) is 42.5 Å². The molecule has 1 heterocycles. The summed E-state index contributed by atoms with van der Waals surface area (Å²) in [6.07, 6.45) is 5.70. The lowest BCUT2D eigenvalue weighted by Crippen LogP contribution is -2.50. The van der Waals surface area contributed by atoms with Crippen molar-refractivity contribution in [3.63, 3.8) is 0 Å². The van der Waals surface area contributed by atoms with E-state index in [1.807, 2.05) is 37.2 Å². The Kier molecular flexibility index (Phi) is 9.60. The van der Waals surface area contributed by atoms with Gasteiger partial charge in [-0.25, -0.2) is 0 Å². The summed E-state index contributed by atoms with van der Waals surface area (Å²) in [5.74, 6) is -0.315. The highest BCUT2D eigenvalue weighted by atomic mass is 127. The number of carbonyl (C=O) groups is 2. The molecule has 2 aliphatic rings. The molecule has 0 radical (unpaired) electrons. The molecule has 1 saturated carbocycles.